The first-order valence-corrected chi connectivity index (χ1v) is 10.1. The molecule has 7 nitrogen and oxygen atoms in total. The number of aromatic nitrogens is 2. The summed E-state index contributed by atoms with van der Waals surface area (Å²) in [6, 6.07) is 6.65. The van der Waals surface area contributed by atoms with E-state index >= 15 is 0 Å². The van der Waals surface area contributed by atoms with Gasteiger partial charge in [-0.05, 0) is 51.7 Å². The molecule has 1 aliphatic carbocycles. The van der Waals surface area contributed by atoms with Crippen LogP contribution in [0.1, 0.15) is 46.5 Å². The Labute approximate surface area is 166 Å². The van der Waals surface area contributed by atoms with Gasteiger partial charge in [-0.25, -0.2) is 0 Å². The fourth-order valence-corrected chi connectivity index (χ4v) is 3.66. The highest BCUT2D eigenvalue weighted by Gasteiger charge is 2.24. The van der Waals surface area contributed by atoms with Gasteiger partial charge in [-0.2, -0.15) is 4.98 Å². The Bertz CT molecular complexity index is 796. The van der Waals surface area contributed by atoms with E-state index in [9.17, 15) is 4.79 Å². The van der Waals surface area contributed by atoms with Crippen molar-refractivity contribution in [3.8, 4) is 11.8 Å². The van der Waals surface area contributed by atoms with Crippen molar-refractivity contribution in [2.45, 2.75) is 64.7 Å². The smallest absolute Gasteiger partial charge is 0.297 e. The molecule has 1 atom stereocenters. The van der Waals surface area contributed by atoms with E-state index in [4.69, 9.17) is 14.2 Å². The van der Waals surface area contributed by atoms with Crippen LogP contribution in [0.25, 0.3) is 11.0 Å². The lowest BCUT2D eigenvalue weighted by molar-refractivity contribution is -0.120. The molecule has 1 aromatic heterocycles. The third-order valence-electron chi connectivity index (χ3n) is 5.04. The number of nitrogens with one attached hydrogen (secondary N) is 1. The number of ether oxygens (including phenoxy) is 3. The summed E-state index contributed by atoms with van der Waals surface area (Å²) in [7, 11) is 1.95. The Morgan fingerprint density at radius 1 is 1.29 bits per heavy atom. The standard InChI is InChI=1S/C21H31N3O4/c1-5-26-21-23-19-11-10-18(12-20(19)24(21)4)28-17-8-6-16(7-9-17)27-13-14(2)22-15(3)25/h10-12,14,16-17H,5-9,13H2,1-4H3,(H,22,25)/t14-,16?,17?/m0/s1. The highest BCUT2D eigenvalue weighted by molar-refractivity contribution is 5.78. The summed E-state index contributed by atoms with van der Waals surface area (Å²) in [4.78, 5) is 15.6. The summed E-state index contributed by atoms with van der Waals surface area (Å²) in [5.74, 6) is 0.842. The lowest BCUT2D eigenvalue weighted by atomic mass is 9.95. The van der Waals surface area contributed by atoms with Crippen LogP contribution < -0.4 is 14.8 Å². The summed E-state index contributed by atoms with van der Waals surface area (Å²) < 4.78 is 19.7. The van der Waals surface area contributed by atoms with Gasteiger partial charge in [0.15, 0.2) is 0 Å². The van der Waals surface area contributed by atoms with Crippen molar-refractivity contribution in [1.29, 1.82) is 0 Å². The number of carbonyl (C=O) groups excluding carboxylic acids is 1. The van der Waals surface area contributed by atoms with Crippen molar-refractivity contribution in [2.75, 3.05) is 13.2 Å². The number of carbonyl (C=O) groups is 1. The maximum absolute atomic E-state index is 11.1. The Balaban J connectivity index is 1.50. The molecular weight excluding hydrogens is 358 g/mol. The summed E-state index contributed by atoms with van der Waals surface area (Å²) in [5.41, 5.74) is 1.91. The Morgan fingerprint density at radius 3 is 2.68 bits per heavy atom. The number of aryl methyl sites for hydroxylation is 1. The number of hydrogen-bond acceptors (Lipinski definition) is 5. The highest BCUT2D eigenvalue weighted by Crippen LogP contribution is 2.29. The molecule has 1 aromatic carbocycles. The molecule has 1 N–H and O–H groups in total. The van der Waals surface area contributed by atoms with Crippen LogP contribution in [0.2, 0.25) is 0 Å². The molecule has 3 rings (SSSR count). The molecule has 154 valence electrons. The average Bonchev–Trinajstić information content (AvgIpc) is 2.97. The first kappa shape index (κ1) is 20.5. The topological polar surface area (TPSA) is 74.6 Å². The number of nitrogens with zero attached hydrogens (tertiary/aromatic N) is 2. The molecule has 1 saturated carbocycles. The molecule has 0 bridgehead atoms. The van der Waals surface area contributed by atoms with Gasteiger partial charge in [0.25, 0.3) is 6.01 Å². The zero-order valence-electron chi connectivity index (χ0n) is 17.2. The molecule has 0 spiro atoms. The summed E-state index contributed by atoms with van der Waals surface area (Å²) in [6.07, 6.45) is 4.31. The predicted molar refractivity (Wildman–Crippen MR) is 108 cm³/mol. The third kappa shape index (κ3) is 5.16. The minimum absolute atomic E-state index is 0.0213. The van der Waals surface area contributed by atoms with Crippen LogP contribution >= 0.6 is 0 Å². The quantitative estimate of drug-likeness (QED) is 0.750. The van der Waals surface area contributed by atoms with Crippen molar-refractivity contribution >= 4 is 16.9 Å². The number of benzene rings is 1. The molecule has 0 unspecified atom stereocenters. The second-order valence-electron chi connectivity index (χ2n) is 7.49. The zero-order valence-corrected chi connectivity index (χ0v) is 17.2. The van der Waals surface area contributed by atoms with Gasteiger partial charge in [-0.3, -0.25) is 9.36 Å². The third-order valence-corrected chi connectivity index (χ3v) is 5.04. The van der Waals surface area contributed by atoms with Crippen LogP contribution in [-0.4, -0.2) is 46.9 Å². The van der Waals surface area contributed by atoms with Crippen molar-refractivity contribution < 1.29 is 19.0 Å². The van der Waals surface area contributed by atoms with Gasteiger partial charge >= 0.3 is 0 Å². The number of hydrogen-bond donors (Lipinski definition) is 1. The van der Waals surface area contributed by atoms with Crippen LogP contribution in [0, 0.1) is 0 Å². The van der Waals surface area contributed by atoms with Crippen molar-refractivity contribution in [3.05, 3.63) is 18.2 Å². The fourth-order valence-electron chi connectivity index (χ4n) is 3.66. The SMILES string of the molecule is CCOc1nc2ccc(OC3CCC(OC[C@H](C)NC(C)=O)CC3)cc2n1C. The largest absolute Gasteiger partial charge is 0.490 e. The number of fused-ring (bicyclic) bond motifs is 1. The van der Waals surface area contributed by atoms with E-state index in [2.05, 4.69) is 10.3 Å². The number of imidazole rings is 1. The molecule has 28 heavy (non-hydrogen) atoms. The normalized spacial score (nSPS) is 20.7. The first-order chi connectivity index (χ1) is 13.5. The van der Waals surface area contributed by atoms with Crippen molar-refractivity contribution in [1.82, 2.24) is 14.9 Å². The molecule has 7 heteroatoms. The van der Waals surface area contributed by atoms with Gasteiger partial charge in [0.05, 0.1) is 36.5 Å². The summed E-state index contributed by atoms with van der Waals surface area (Å²) in [5, 5.41) is 2.85. The molecule has 0 saturated heterocycles. The van der Waals surface area contributed by atoms with Crippen LogP contribution in [0.15, 0.2) is 18.2 Å². The molecule has 1 fully saturated rings. The van der Waals surface area contributed by atoms with E-state index in [1.54, 1.807) is 0 Å². The van der Waals surface area contributed by atoms with Crippen LogP contribution in [0.5, 0.6) is 11.8 Å². The second kappa shape index (κ2) is 9.28. The van der Waals surface area contributed by atoms with Gasteiger partial charge < -0.3 is 19.5 Å². The molecular formula is C21H31N3O4. The molecule has 0 aliphatic heterocycles. The van der Waals surface area contributed by atoms with Crippen molar-refractivity contribution in [2.24, 2.45) is 7.05 Å². The Hall–Kier alpha value is -2.28. The molecule has 1 heterocycles. The van der Waals surface area contributed by atoms with Gasteiger partial charge in [0, 0.05) is 26.1 Å². The van der Waals surface area contributed by atoms with E-state index in [0.29, 0.717) is 19.2 Å². The minimum atomic E-state index is -0.0213. The summed E-state index contributed by atoms with van der Waals surface area (Å²) in [6.45, 7) is 6.58. The fraction of sp³-hybridized carbons (Fsp3) is 0.619. The van der Waals surface area contributed by atoms with E-state index < -0.39 is 0 Å². The maximum atomic E-state index is 11.1. The van der Waals surface area contributed by atoms with Crippen LogP contribution in [0.4, 0.5) is 0 Å². The number of amides is 1. The second-order valence-corrected chi connectivity index (χ2v) is 7.49. The monoisotopic (exact) mass is 389 g/mol. The van der Waals surface area contributed by atoms with E-state index in [1.165, 1.54) is 6.92 Å². The molecule has 2 aromatic rings. The molecule has 0 radical (unpaired) electrons. The lowest BCUT2D eigenvalue weighted by Gasteiger charge is -2.29. The highest BCUT2D eigenvalue weighted by atomic mass is 16.5. The Morgan fingerprint density at radius 2 is 2.00 bits per heavy atom. The van der Waals surface area contributed by atoms with Gasteiger partial charge in [0.2, 0.25) is 5.91 Å². The Kier molecular flexibility index (Phi) is 6.78. The maximum Gasteiger partial charge on any atom is 0.297 e. The predicted octanol–water partition coefficient (Wildman–Crippen LogP) is 3.20. The van der Waals surface area contributed by atoms with Crippen LogP contribution in [0.3, 0.4) is 0 Å². The minimum Gasteiger partial charge on any atom is -0.490 e. The van der Waals surface area contributed by atoms with E-state index in [-0.39, 0.29) is 24.2 Å². The van der Waals surface area contributed by atoms with Gasteiger partial charge in [-0.15, -0.1) is 0 Å². The van der Waals surface area contributed by atoms with E-state index in [0.717, 1.165) is 42.5 Å². The van der Waals surface area contributed by atoms with Crippen LogP contribution in [-0.2, 0) is 16.6 Å². The zero-order chi connectivity index (χ0) is 20.1. The number of rotatable bonds is 8. The summed E-state index contributed by atoms with van der Waals surface area (Å²) >= 11 is 0. The average molecular weight is 389 g/mol. The first-order valence-electron chi connectivity index (χ1n) is 10.1. The lowest BCUT2D eigenvalue weighted by Crippen LogP contribution is -2.36. The molecule has 1 aliphatic rings. The van der Waals surface area contributed by atoms with E-state index in [1.807, 2.05) is 43.7 Å². The molecule has 1 amide bonds. The van der Waals surface area contributed by atoms with Gasteiger partial charge in [-0.1, -0.05) is 0 Å². The van der Waals surface area contributed by atoms with Gasteiger partial charge in [0.1, 0.15) is 5.75 Å². The van der Waals surface area contributed by atoms with Crippen molar-refractivity contribution in [3.63, 3.8) is 0 Å².